The number of carboxylic acids is 1. The Bertz CT molecular complexity index is 1510. The highest BCUT2D eigenvalue weighted by Crippen LogP contribution is 2.00. The van der Waals surface area contributed by atoms with E-state index in [0.29, 0.717) is 317 Å². The lowest BCUT2D eigenvalue weighted by atomic mass is 10.2. The van der Waals surface area contributed by atoms with Crippen molar-refractivity contribution in [2.24, 2.45) is 0 Å². The van der Waals surface area contributed by atoms with Crippen molar-refractivity contribution in [2.75, 3.05) is 324 Å². The third-order valence-corrected chi connectivity index (χ3v) is 10.7. The third-order valence-electron chi connectivity index (χ3n) is 10.7. The summed E-state index contributed by atoms with van der Waals surface area (Å²) in [5, 5.41) is 11.2. The Morgan fingerprint density at radius 1 is 0.250 bits per heavy atom. The molecule has 0 heterocycles. The summed E-state index contributed by atoms with van der Waals surface area (Å²) >= 11 is 0. The summed E-state index contributed by atoms with van der Waals surface area (Å²) in [5.74, 6) is -0.881. The Morgan fingerprint density at radius 2 is 0.420 bits per heavy atom. The molecule has 0 aromatic heterocycles. The van der Waals surface area contributed by atoms with Crippen molar-refractivity contribution in [3.8, 4) is 0 Å². The number of carbonyl (C=O) groups is 2. The zero-order chi connectivity index (χ0) is 62.7. The van der Waals surface area contributed by atoms with E-state index in [1.165, 1.54) is 0 Å². The Hall–Kier alpha value is -3.00. The Kier molecular flexibility index (Phi) is 70.5. The van der Waals surface area contributed by atoms with Crippen molar-refractivity contribution < 1.29 is 133 Å². The average molecular weight is 1280 g/mol. The van der Waals surface area contributed by atoms with Gasteiger partial charge in [-0.05, 0) is 5.56 Å². The molecule has 1 aromatic rings. The summed E-state index contributed by atoms with van der Waals surface area (Å²) < 4.78 is 137. The number of carbonyl (C=O) groups excluding carboxylic acids is 1. The molecular weight excluding hydrogens is 1170 g/mol. The Balaban J connectivity index is 1.59. The highest BCUT2D eigenvalue weighted by atomic mass is 16.6. The van der Waals surface area contributed by atoms with Gasteiger partial charge in [0.1, 0.15) is 6.61 Å². The molecule has 1 amide bonds. The van der Waals surface area contributed by atoms with Gasteiger partial charge in [0.05, 0.1) is 324 Å². The van der Waals surface area contributed by atoms with Gasteiger partial charge in [-0.3, -0.25) is 4.79 Å². The number of alkyl carbamates (subject to hydrolysis) is 1. The SMILES string of the molecule is O=C(O)CCOCCOCCOCCOCCOCCOCCOCCOCCOCCOCCOCCOCCOCCOCCOCCOCCOCCOCCOCCOCCOCCOCCOCCOCCNC(=O)OCc1ccccc1. The number of hydrogen-bond acceptors (Lipinski definition) is 27. The van der Waals surface area contributed by atoms with Crippen LogP contribution < -0.4 is 5.32 Å². The van der Waals surface area contributed by atoms with E-state index in [9.17, 15) is 9.59 Å². The summed E-state index contributed by atoms with van der Waals surface area (Å²) in [4.78, 5) is 22.1. The van der Waals surface area contributed by atoms with Crippen molar-refractivity contribution >= 4 is 12.1 Å². The van der Waals surface area contributed by atoms with Crippen LogP contribution in [0.4, 0.5) is 4.79 Å². The minimum absolute atomic E-state index is 0.0111. The van der Waals surface area contributed by atoms with E-state index in [2.05, 4.69) is 5.32 Å². The predicted molar refractivity (Wildman–Crippen MR) is 317 cm³/mol. The second kappa shape index (κ2) is 74.7. The van der Waals surface area contributed by atoms with Crippen LogP contribution in [0.1, 0.15) is 12.0 Å². The molecule has 0 saturated heterocycles. The van der Waals surface area contributed by atoms with Gasteiger partial charge in [0.15, 0.2) is 0 Å². The molecule has 0 unspecified atom stereocenters. The number of nitrogens with one attached hydrogen (secondary N) is 1. The number of rotatable bonds is 77. The molecule has 29 heteroatoms. The number of benzene rings is 1. The summed E-state index contributed by atoms with van der Waals surface area (Å²) in [7, 11) is 0. The van der Waals surface area contributed by atoms with E-state index < -0.39 is 12.1 Å². The van der Waals surface area contributed by atoms with Crippen LogP contribution in [0.3, 0.4) is 0 Å². The lowest BCUT2D eigenvalue weighted by Gasteiger charge is -2.09. The first-order chi connectivity index (χ1) is 43.7. The number of carboxylic acid groups (broad SMARTS) is 1. The summed E-state index contributed by atoms with van der Waals surface area (Å²) in [6, 6.07) is 9.49. The standard InChI is InChI=1S/C59H109NO28/c61-58(62)6-8-64-10-12-66-14-16-68-18-20-70-22-24-72-26-28-74-30-32-76-34-36-78-38-40-80-42-44-82-46-48-84-50-52-86-54-55-87-53-51-85-49-47-83-45-43-81-41-39-79-37-35-77-33-31-75-29-27-73-25-23-71-21-19-69-17-15-67-13-11-65-9-7-60-59(63)88-56-57-4-2-1-3-5-57/h1-5H,6-56H2,(H,60,63)(H,61,62). The van der Waals surface area contributed by atoms with Crippen molar-refractivity contribution in [2.45, 2.75) is 13.0 Å². The number of ether oxygens (including phenoxy) is 25. The Labute approximate surface area is 521 Å². The van der Waals surface area contributed by atoms with Gasteiger partial charge in [-0.25, -0.2) is 4.79 Å². The van der Waals surface area contributed by atoms with Crippen molar-refractivity contribution in [3.05, 3.63) is 35.9 Å². The maximum Gasteiger partial charge on any atom is 0.407 e. The minimum Gasteiger partial charge on any atom is -0.481 e. The van der Waals surface area contributed by atoms with Gasteiger partial charge in [-0.1, -0.05) is 30.3 Å². The molecule has 0 spiro atoms. The van der Waals surface area contributed by atoms with Gasteiger partial charge in [0.25, 0.3) is 0 Å². The third kappa shape index (κ3) is 72.1. The van der Waals surface area contributed by atoms with Crippen LogP contribution in [-0.4, -0.2) is 341 Å². The summed E-state index contributed by atoms with van der Waals surface area (Å²) in [5.41, 5.74) is 0.931. The highest BCUT2D eigenvalue weighted by molar-refractivity contribution is 5.67. The molecule has 0 saturated carbocycles. The molecule has 1 rings (SSSR count). The molecule has 0 atom stereocenters. The smallest absolute Gasteiger partial charge is 0.407 e. The van der Waals surface area contributed by atoms with Crippen LogP contribution in [0.2, 0.25) is 0 Å². The highest BCUT2D eigenvalue weighted by Gasteiger charge is 2.04. The van der Waals surface area contributed by atoms with Gasteiger partial charge in [0, 0.05) is 6.54 Å². The van der Waals surface area contributed by atoms with Crippen LogP contribution in [0.25, 0.3) is 0 Å². The quantitative estimate of drug-likeness (QED) is 0.0879. The fraction of sp³-hybridized carbons (Fsp3) is 0.864. The topological polar surface area (TPSA) is 297 Å². The summed E-state index contributed by atoms with van der Waals surface area (Å²) in [6.07, 6.45) is -0.488. The first-order valence-corrected chi connectivity index (χ1v) is 30.7. The fourth-order valence-electron chi connectivity index (χ4n) is 6.32. The van der Waals surface area contributed by atoms with Gasteiger partial charge in [-0.15, -0.1) is 0 Å². The van der Waals surface area contributed by atoms with Crippen LogP contribution >= 0.6 is 0 Å². The van der Waals surface area contributed by atoms with Gasteiger partial charge in [-0.2, -0.15) is 0 Å². The average Bonchev–Trinajstić information content (AvgIpc) is 3.62. The Morgan fingerprint density at radius 3 is 0.602 bits per heavy atom. The van der Waals surface area contributed by atoms with Crippen LogP contribution in [0.5, 0.6) is 0 Å². The molecule has 88 heavy (non-hydrogen) atoms. The lowest BCUT2D eigenvalue weighted by molar-refractivity contribution is -0.138. The predicted octanol–water partition coefficient (Wildman–Crippen LogP) is 1.79. The largest absolute Gasteiger partial charge is 0.481 e. The molecule has 518 valence electrons. The number of hydrogen-bond donors (Lipinski definition) is 2. The second-order valence-electron chi connectivity index (χ2n) is 17.8. The van der Waals surface area contributed by atoms with Crippen molar-refractivity contribution in [1.29, 1.82) is 0 Å². The van der Waals surface area contributed by atoms with Gasteiger partial charge in [0.2, 0.25) is 0 Å². The van der Waals surface area contributed by atoms with Gasteiger partial charge >= 0.3 is 12.1 Å². The van der Waals surface area contributed by atoms with Crippen molar-refractivity contribution in [1.82, 2.24) is 5.32 Å². The zero-order valence-corrected chi connectivity index (χ0v) is 52.4. The maximum atomic E-state index is 11.7. The van der Waals surface area contributed by atoms with Crippen LogP contribution in [-0.2, 0) is 130 Å². The normalized spacial score (nSPS) is 11.5. The molecule has 0 fully saturated rings. The fourth-order valence-corrected chi connectivity index (χ4v) is 6.32. The molecule has 0 radical (unpaired) electrons. The van der Waals surface area contributed by atoms with E-state index in [1.54, 1.807) is 0 Å². The first kappa shape index (κ1) is 83.0. The first-order valence-electron chi connectivity index (χ1n) is 30.7. The van der Waals surface area contributed by atoms with Crippen LogP contribution in [0.15, 0.2) is 30.3 Å². The van der Waals surface area contributed by atoms with Gasteiger partial charge < -0.3 is 129 Å². The van der Waals surface area contributed by atoms with Crippen molar-refractivity contribution in [3.63, 3.8) is 0 Å². The molecule has 0 aliphatic heterocycles. The minimum atomic E-state index is -0.881. The molecule has 0 aliphatic carbocycles. The number of aliphatic carboxylic acids is 1. The molecule has 2 N–H and O–H groups in total. The molecule has 0 aliphatic rings. The monoisotopic (exact) mass is 1280 g/mol. The van der Waals surface area contributed by atoms with Crippen LogP contribution in [0, 0.1) is 0 Å². The molecule has 1 aromatic carbocycles. The summed E-state index contributed by atoms with van der Waals surface area (Å²) in [6.45, 7) is 22.6. The van der Waals surface area contributed by atoms with E-state index in [-0.39, 0.29) is 19.6 Å². The van der Waals surface area contributed by atoms with E-state index in [0.717, 1.165) is 5.56 Å². The van der Waals surface area contributed by atoms with E-state index in [4.69, 9.17) is 124 Å². The molecule has 0 bridgehead atoms. The molecule has 29 nitrogen and oxygen atoms in total. The molecular formula is C59H109NO28. The van der Waals surface area contributed by atoms with E-state index in [1.807, 2.05) is 30.3 Å². The lowest BCUT2D eigenvalue weighted by Crippen LogP contribution is -2.28. The second-order valence-corrected chi connectivity index (χ2v) is 17.8. The number of amides is 1. The maximum absolute atomic E-state index is 11.7. The zero-order valence-electron chi connectivity index (χ0n) is 52.4. The van der Waals surface area contributed by atoms with E-state index >= 15 is 0 Å².